The van der Waals surface area contributed by atoms with E-state index in [4.69, 9.17) is 23.2 Å². The summed E-state index contributed by atoms with van der Waals surface area (Å²) in [4.78, 5) is 2.25. The molecule has 1 fully saturated rings. The number of aromatic hydroxyl groups is 1. The Kier molecular flexibility index (Phi) is 5.58. The van der Waals surface area contributed by atoms with Gasteiger partial charge >= 0.3 is 0 Å². The average Bonchev–Trinajstić information content (AvgIpc) is 3.04. The van der Waals surface area contributed by atoms with E-state index in [0.717, 1.165) is 24.9 Å². The molecule has 25 heavy (non-hydrogen) atoms. The number of halogens is 2. The van der Waals surface area contributed by atoms with Crippen molar-refractivity contribution in [2.75, 3.05) is 18.8 Å². The lowest BCUT2D eigenvalue weighted by Gasteiger charge is -2.24. The first-order chi connectivity index (χ1) is 11.9. The zero-order valence-corrected chi connectivity index (χ0v) is 15.9. The van der Waals surface area contributed by atoms with Crippen molar-refractivity contribution < 1.29 is 13.5 Å². The third kappa shape index (κ3) is 4.29. The smallest absolute Gasteiger partial charge is 0.181 e. The van der Waals surface area contributed by atoms with Gasteiger partial charge in [0.2, 0.25) is 0 Å². The number of rotatable bonds is 5. The van der Waals surface area contributed by atoms with Crippen molar-refractivity contribution in [1.29, 1.82) is 0 Å². The van der Waals surface area contributed by atoms with Crippen molar-refractivity contribution >= 4 is 33.0 Å². The normalized spacial score (nSPS) is 18.6. The summed E-state index contributed by atoms with van der Waals surface area (Å²) in [6.07, 6.45) is 1.99. The van der Waals surface area contributed by atoms with Crippen LogP contribution in [-0.2, 0) is 9.84 Å². The summed E-state index contributed by atoms with van der Waals surface area (Å²) in [6.45, 7) is 1.28. The van der Waals surface area contributed by atoms with E-state index in [1.165, 1.54) is 12.1 Å². The fraction of sp³-hybridized carbons (Fsp3) is 0.333. The number of sulfone groups is 1. The highest BCUT2D eigenvalue weighted by molar-refractivity contribution is 7.91. The van der Waals surface area contributed by atoms with Gasteiger partial charge in [-0.15, -0.1) is 0 Å². The summed E-state index contributed by atoms with van der Waals surface area (Å²) in [5, 5.41) is 9.98. The summed E-state index contributed by atoms with van der Waals surface area (Å²) in [6, 6.07) is 11.8. The topological polar surface area (TPSA) is 57.6 Å². The maximum absolute atomic E-state index is 12.6. The number of hydrogen-bond acceptors (Lipinski definition) is 4. The molecule has 1 unspecified atom stereocenters. The van der Waals surface area contributed by atoms with E-state index in [-0.39, 0.29) is 27.5 Å². The molecular formula is C18H19Cl2NO3S. The number of benzene rings is 2. The molecule has 1 N–H and O–H groups in total. The van der Waals surface area contributed by atoms with Gasteiger partial charge in [0, 0.05) is 17.6 Å². The predicted molar refractivity (Wildman–Crippen MR) is 100 cm³/mol. The summed E-state index contributed by atoms with van der Waals surface area (Å²) in [7, 11) is -3.51. The second-order valence-electron chi connectivity index (χ2n) is 6.18. The van der Waals surface area contributed by atoms with Crippen molar-refractivity contribution in [3.63, 3.8) is 0 Å². The fourth-order valence-corrected chi connectivity index (χ4v) is 5.30. The van der Waals surface area contributed by atoms with Gasteiger partial charge in [-0.25, -0.2) is 8.42 Å². The van der Waals surface area contributed by atoms with Crippen molar-refractivity contribution in [2.24, 2.45) is 0 Å². The van der Waals surface area contributed by atoms with E-state index in [0.29, 0.717) is 11.6 Å². The van der Waals surface area contributed by atoms with E-state index in [1.807, 2.05) is 12.1 Å². The zero-order valence-electron chi connectivity index (χ0n) is 13.5. The Hall–Kier alpha value is -1.27. The molecule has 2 aromatic carbocycles. The monoisotopic (exact) mass is 399 g/mol. The first-order valence-electron chi connectivity index (χ1n) is 8.07. The van der Waals surface area contributed by atoms with Crippen molar-refractivity contribution in [3.05, 3.63) is 58.1 Å². The van der Waals surface area contributed by atoms with Gasteiger partial charge in [-0.1, -0.05) is 35.3 Å². The third-order valence-corrected chi connectivity index (χ3v) is 6.92. The van der Waals surface area contributed by atoms with E-state index < -0.39 is 9.84 Å². The number of likely N-dealkylation sites (tertiary alicyclic amines) is 1. The number of phenolic OH excluding ortho intramolecular Hbond substituents is 1. The molecule has 1 aliphatic rings. The number of hydrogen-bond donors (Lipinski definition) is 1. The van der Waals surface area contributed by atoms with Crippen molar-refractivity contribution in [3.8, 4) is 5.75 Å². The van der Waals surface area contributed by atoms with Gasteiger partial charge in [0.1, 0.15) is 5.75 Å². The van der Waals surface area contributed by atoms with Crippen molar-refractivity contribution in [2.45, 2.75) is 23.8 Å². The van der Waals surface area contributed by atoms with Crippen LogP contribution in [0.25, 0.3) is 0 Å². The molecule has 7 heteroatoms. The molecule has 0 aromatic heterocycles. The lowest BCUT2D eigenvalue weighted by molar-refractivity contribution is 0.272. The zero-order chi connectivity index (χ0) is 18.0. The van der Waals surface area contributed by atoms with Gasteiger partial charge in [0.15, 0.2) is 9.84 Å². The van der Waals surface area contributed by atoms with Gasteiger partial charge in [-0.2, -0.15) is 0 Å². The largest absolute Gasteiger partial charge is 0.508 e. The van der Waals surface area contributed by atoms with Crippen LogP contribution in [0.5, 0.6) is 5.75 Å². The van der Waals surface area contributed by atoms with Crippen LogP contribution in [0.2, 0.25) is 10.0 Å². The molecule has 2 aromatic rings. The average molecular weight is 400 g/mol. The molecule has 0 saturated carbocycles. The Bertz CT molecular complexity index is 853. The standard InChI is InChI=1S/C18H19Cl2NO3S/c19-14-5-8-16(20)18(12-14)25(23,24)11-10-21-9-1-2-17(21)13-3-6-15(22)7-4-13/h3-8,12,17,22H,1-2,9-11H2. The molecule has 1 aliphatic heterocycles. The molecule has 0 aliphatic carbocycles. The van der Waals surface area contributed by atoms with Gasteiger partial charge in [0.05, 0.1) is 15.7 Å². The molecule has 134 valence electrons. The molecule has 1 atom stereocenters. The summed E-state index contributed by atoms with van der Waals surface area (Å²) >= 11 is 12.0. The van der Waals surface area contributed by atoms with Crippen LogP contribution in [0.4, 0.5) is 0 Å². The van der Waals surface area contributed by atoms with Gasteiger partial charge in [-0.3, -0.25) is 4.90 Å². The van der Waals surface area contributed by atoms with Crippen molar-refractivity contribution in [1.82, 2.24) is 4.90 Å². The molecule has 0 radical (unpaired) electrons. The van der Waals surface area contributed by atoms with E-state index in [9.17, 15) is 13.5 Å². The molecular weight excluding hydrogens is 381 g/mol. The summed E-state index contributed by atoms with van der Waals surface area (Å²) in [5.74, 6) is 0.216. The Labute approximate surface area is 157 Å². The first-order valence-corrected chi connectivity index (χ1v) is 10.5. The Morgan fingerprint density at radius 3 is 2.56 bits per heavy atom. The van der Waals surface area contributed by atoms with Crippen LogP contribution < -0.4 is 0 Å². The lowest BCUT2D eigenvalue weighted by atomic mass is 10.0. The van der Waals surface area contributed by atoms with E-state index in [1.54, 1.807) is 18.2 Å². The highest BCUT2D eigenvalue weighted by Gasteiger charge is 2.28. The van der Waals surface area contributed by atoms with Gasteiger partial charge in [-0.05, 0) is 55.3 Å². The molecule has 0 spiro atoms. The minimum absolute atomic E-state index is 0.0123. The second kappa shape index (κ2) is 7.54. The van der Waals surface area contributed by atoms with Crippen LogP contribution in [0, 0.1) is 0 Å². The highest BCUT2D eigenvalue weighted by atomic mass is 35.5. The Morgan fingerprint density at radius 1 is 1.12 bits per heavy atom. The third-order valence-electron chi connectivity index (χ3n) is 4.52. The SMILES string of the molecule is O=S(=O)(CCN1CCCC1c1ccc(O)cc1)c1cc(Cl)ccc1Cl. The quantitative estimate of drug-likeness (QED) is 0.813. The van der Waals surface area contributed by atoms with Crippen LogP contribution >= 0.6 is 23.2 Å². The number of phenols is 1. The Balaban J connectivity index is 1.73. The maximum atomic E-state index is 12.6. The van der Waals surface area contributed by atoms with Gasteiger partial charge in [0.25, 0.3) is 0 Å². The predicted octanol–water partition coefficient (Wildman–Crippen LogP) is 4.31. The fourth-order valence-electron chi connectivity index (χ4n) is 3.23. The maximum Gasteiger partial charge on any atom is 0.181 e. The molecule has 3 rings (SSSR count). The highest BCUT2D eigenvalue weighted by Crippen LogP contribution is 2.33. The minimum Gasteiger partial charge on any atom is -0.508 e. The summed E-state index contributed by atoms with van der Waals surface area (Å²) < 4.78 is 25.3. The van der Waals surface area contributed by atoms with Crippen LogP contribution in [0.1, 0.15) is 24.4 Å². The molecule has 1 heterocycles. The van der Waals surface area contributed by atoms with E-state index >= 15 is 0 Å². The molecule has 0 bridgehead atoms. The van der Waals surface area contributed by atoms with Crippen LogP contribution in [0.3, 0.4) is 0 Å². The van der Waals surface area contributed by atoms with Crippen LogP contribution in [-0.4, -0.2) is 37.3 Å². The minimum atomic E-state index is -3.51. The lowest BCUT2D eigenvalue weighted by Crippen LogP contribution is -2.29. The molecule has 1 saturated heterocycles. The molecule has 4 nitrogen and oxygen atoms in total. The first kappa shape index (κ1) is 18.5. The van der Waals surface area contributed by atoms with Crippen LogP contribution in [0.15, 0.2) is 47.4 Å². The number of nitrogens with zero attached hydrogens (tertiary/aromatic N) is 1. The van der Waals surface area contributed by atoms with E-state index in [2.05, 4.69) is 4.90 Å². The molecule has 0 amide bonds. The Morgan fingerprint density at radius 2 is 1.84 bits per heavy atom. The summed E-state index contributed by atoms with van der Waals surface area (Å²) in [5.41, 5.74) is 1.09. The van der Waals surface area contributed by atoms with Gasteiger partial charge < -0.3 is 5.11 Å². The second-order valence-corrected chi connectivity index (χ2v) is 9.10.